The molecule has 0 spiro atoms. The van der Waals surface area contributed by atoms with Gasteiger partial charge in [0.15, 0.2) is 0 Å². The van der Waals surface area contributed by atoms with Gasteiger partial charge in [-0.15, -0.1) is 11.3 Å². The number of thiophene rings is 1. The number of rotatable bonds is 6. The van der Waals surface area contributed by atoms with Crippen molar-refractivity contribution in [1.82, 2.24) is 0 Å². The maximum atomic E-state index is 2.48. The number of anilines is 3. The zero-order valence-corrected chi connectivity index (χ0v) is 27.1. The van der Waals surface area contributed by atoms with Gasteiger partial charge in [-0.1, -0.05) is 158 Å². The predicted molar refractivity (Wildman–Crippen MR) is 208 cm³/mol. The van der Waals surface area contributed by atoms with E-state index in [1.165, 1.54) is 70.0 Å². The quantitative estimate of drug-likeness (QED) is 0.177. The Labute approximate surface area is 284 Å². The number of benzene rings is 8. The molecule has 0 aliphatic rings. The average molecular weight is 630 g/mol. The van der Waals surface area contributed by atoms with Gasteiger partial charge in [-0.2, -0.15) is 0 Å². The highest BCUT2D eigenvalue weighted by atomic mass is 32.1. The predicted octanol–water partition coefficient (Wildman–Crippen LogP) is 13.7. The number of para-hydroxylation sites is 1. The highest BCUT2D eigenvalue weighted by Gasteiger charge is 2.22. The molecule has 2 heteroatoms. The van der Waals surface area contributed by atoms with Gasteiger partial charge in [0.1, 0.15) is 0 Å². The van der Waals surface area contributed by atoms with Crippen LogP contribution in [0.1, 0.15) is 0 Å². The van der Waals surface area contributed by atoms with Crippen LogP contribution in [0.2, 0.25) is 0 Å². The summed E-state index contributed by atoms with van der Waals surface area (Å²) in [6.45, 7) is 0. The van der Waals surface area contributed by atoms with Crippen molar-refractivity contribution in [2.45, 2.75) is 0 Å². The van der Waals surface area contributed by atoms with E-state index in [0.717, 1.165) is 11.4 Å². The topological polar surface area (TPSA) is 3.24 Å². The zero-order valence-electron chi connectivity index (χ0n) is 26.3. The molecule has 0 N–H and O–H groups in total. The van der Waals surface area contributed by atoms with Crippen LogP contribution < -0.4 is 4.90 Å². The van der Waals surface area contributed by atoms with E-state index in [1.54, 1.807) is 0 Å². The summed E-state index contributed by atoms with van der Waals surface area (Å²) in [4.78, 5) is 2.48. The normalized spacial score (nSPS) is 11.3. The smallest absolute Gasteiger partial charge is 0.0555 e. The van der Waals surface area contributed by atoms with Gasteiger partial charge in [-0.25, -0.2) is 0 Å². The van der Waals surface area contributed by atoms with E-state index >= 15 is 0 Å². The van der Waals surface area contributed by atoms with Gasteiger partial charge in [0.25, 0.3) is 0 Å². The van der Waals surface area contributed by atoms with E-state index in [-0.39, 0.29) is 0 Å². The van der Waals surface area contributed by atoms with Crippen LogP contribution >= 0.6 is 11.3 Å². The fourth-order valence-electron chi connectivity index (χ4n) is 7.07. The van der Waals surface area contributed by atoms with Gasteiger partial charge in [-0.3, -0.25) is 0 Å². The molecule has 1 heterocycles. The van der Waals surface area contributed by atoms with Crippen molar-refractivity contribution < 1.29 is 0 Å². The molecule has 0 saturated heterocycles. The molecular formula is C46H31NS. The first-order chi connectivity index (χ1) is 23.8. The SMILES string of the molecule is c1ccc(-c2ccccc2N(c2ccc3cccc(-c4ccccc4)c3c2)c2cccc3sc4c(-c5ccccc5)cccc4c23)cc1. The molecule has 0 fully saturated rings. The van der Waals surface area contributed by atoms with Crippen molar-refractivity contribution in [2.24, 2.45) is 0 Å². The molecule has 1 nitrogen and oxygen atoms in total. The first-order valence-electron chi connectivity index (χ1n) is 16.4. The molecule has 9 aromatic rings. The van der Waals surface area contributed by atoms with Crippen molar-refractivity contribution in [3.63, 3.8) is 0 Å². The van der Waals surface area contributed by atoms with E-state index in [2.05, 4.69) is 193 Å². The Kier molecular flexibility index (Phi) is 7.07. The largest absolute Gasteiger partial charge is 0.309 e. The summed E-state index contributed by atoms with van der Waals surface area (Å²) in [5.74, 6) is 0. The van der Waals surface area contributed by atoms with Crippen molar-refractivity contribution in [1.29, 1.82) is 0 Å². The summed E-state index contributed by atoms with van der Waals surface area (Å²) in [7, 11) is 0. The second-order valence-corrected chi connectivity index (χ2v) is 13.1. The molecule has 0 atom stereocenters. The van der Waals surface area contributed by atoms with Crippen LogP contribution in [0.3, 0.4) is 0 Å². The second kappa shape index (κ2) is 12.0. The van der Waals surface area contributed by atoms with Gasteiger partial charge in [0.05, 0.1) is 11.4 Å². The lowest BCUT2D eigenvalue weighted by atomic mass is 9.96. The Morgan fingerprint density at radius 2 is 0.938 bits per heavy atom. The molecule has 226 valence electrons. The summed E-state index contributed by atoms with van der Waals surface area (Å²) >= 11 is 1.88. The van der Waals surface area contributed by atoms with Gasteiger partial charge < -0.3 is 4.90 Å². The first kappa shape index (κ1) is 28.3. The van der Waals surface area contributed by atoms with Crippen LogP contribution in [-0.4, -0.2) is 0 Å². The minimum absolute atomic E-state index is 1.13. The number of fused-ring (bicyclic) bond motifs is 4. The van der Waals surface area contributed by atoms with Crippen LogP contribution in [0.15, 0.2) is 188 Å². The van der Waals surface area contributed by atoms with E-state index in [4.69, 9.17) is 0 Å². The van der Waals surface area contributed by atoms with E-state index < -0.39 is 0 Å². The Bertz CT molecular complexity index is 2550. The van der Waals surface area contributed by atoms with Crippen molar-refractivity contribution >= 4 is 59.3 Å². The number of hydrogen-bond donors (Lipinski definition) is 0. The molecule has 8 aromatic carbocycles. The summed E-state index contributed by atoms with van der Waals surface area (Å²) < 4.78 is 2.59. The molecule has 0 radical (unpaired) electrons. The Balaban J connectivity index is 1.35. The van der Waals surface area contributed by atoms with Gasteiger partial charge in [0.2, 0.25) is 0 Å². The number of nitrogens with zero attached hydrogens (tertiary/aromatic N) is 1. The maximum absolute atomic E-state index is 2.48. The average Bonchev–Trinajstić information content (AvgIpc) is 3.56. The molecule has 0 bridgehead atoms. The fourth-order valence-corrected chi connectivity index (χ4v) is 8.33. The molecule has 0 unspecified atom stereocenters. The minimum atomic E-state index is 1.13. The van der Waals surface area contributed by atoms with Crippen LogP contribution in [-0.2, 0) is 0 Å². The van der Waals surface area contributed by atoms with Gasteiger partial charge in [-0.05, 0) is 68.9 Å². The summed E-state index contributed by atoms with van der Waals surface area (Å²) in [5.41, 5.74) is 10.8. The lowest BCUT2D eigenvalue weighted by Crippen LogP contribution is -2.11. The summed E-state index contributed by atoms with van der Waals surface area (Å²) in [5, 5.41) is 5.01. The lowest BCUT2D eigenvalue weighted by Gasteiger charge is -2.29. The highest BCUT2D eigenvalue weighted by Crippen LogP contribution is 2.49. The molecule has 0 aliphatic heterocycles. The second-order valence-electron chi connectivity index (χ2n) is 12.1. The Morgan fingerprint density at radius 1 is 0.375 bits per heavy atom. The third-order valence-electron chi connectivity index (χ3n) is 9.26. The van der Waals surface area contributed by atoms with Crippen LogP contribution in [0.4, 0.5) is 17.1 Å². The number of hydrogen-bond acceptors (Lipinski definition) is 2. The summed E-state index contributed by atoms with van der Waals surface area (Å²) in [6.07, 6.45) is 0. The minimum Gasteiger partial charge on any atom is -0.309 e. The van der Waals surface area contributed by atoms with Crippen LogP contribution in [0, 0.1) is 0 Å². The van der Waals surface area contributed by atoms with Crippen molar-refractivity contribution in [3.8, 4) is 33.4 Å². The van der Waals surface area contributed by atoms with Gasteiger partial charge >= 0.3 is 0 Å². The third kappa shape index (κ3) is 4.86. The molecule has 1 aromatic heterocycles. The molecule has 0 saturated carbocycles. The van der Waals surface area contributed by atoms with E-state index in [1.807, 2.05) is 11.3 Å². The molecule has 0 aliphatic carbocycles. The maximum Gasteiger partial charge on any atom is 0.0555 e. The Morgan fingerprint density at radius 3 is 1.69 bits per heavy atom. The molecule has 0 amide bonds. The monoisotopic (exact) mass is 629 g/mol. The standard InChI is InChI=1S/C46H31NS/c1-4-15-32(16-5-1)37-23-12-21-35-29-30-36(31-41(35)37)47(42-26-11-10-22-38(42)33-17-6-2-7-18-33)43-27-14-28-44-45(43)40-25-13-24-39(46(40)48-44)34-19-8-3-9-20-34/h1-31H. The molecule has 48 heavy (non-hydrogen) atoms. The third-order valence-corrected chi connectivity index (χ3v) is 10.5. The zero-order chi connectivity index (χ0) is 31.9. The van der Waals surface area contributed by atoms with Gasteiger partial charge in [0, 0.05) is 31.4 Å². The van der Waals surface area contributed by atoms with E-state index in [9.17, 15) is 0 Å². The highest BCUT2D eigenvalue weighted by molar-refractivity contribution is 7.26. The van der Waals surface area contributed by atoms with Crippen LogP contribution in [0.25, 0.3) is 64.3 Å². The van der Waals surface area contributed by atoms with E-state index in [0.29, 0.717) is 0 Å². The van der Waals surface area contributed by atoms with Crippen molar-refractivity contribution in [3.05, 3.63) is 188 Å². The summed E-state index contributed by atoms with van der Waals surface area (Å²) in [6, 6.07) is 68.1. The molecule has 9 rings (SSSR count). The van der Waals surface area contributed by atoms with Crippen molar-refractivity contribution in [2.75, 3.05) is 4.90 Å². The fraction of sp³-hybridized carbons (Fsp3) is 0. The first-order valence-corrected chi connectivity index (χ1v) is 17.2. The Hall–Kier alpha value is -5.96. The molecular weight excluding hydrogens is 599 g/mol. The lowest BCUT2D eigenvalue weighted by molar-refractivity contribution is 1.31. The van der Waals surface area contributed by atoms with Crippen LogP contribution in [0.5, 0.6) is 0 Å².